The number of aromatic hydroxyl groups is 1. The van der Waals surface area contributed by atoms with E-state index < -0.39 is 10.0 Å². The topological polar surface area (TPSA) is 66.4 Å². The van der Waals surface area contributed by atoms with Gasteiger partial charge < -0.3 is 5.11 Å². The van der Waals surface area contributed by atoms with Crippen molar-refractivity contribution in [1.29, 1.82) is 0 Å². The third-order valence-electron chi connectivity index (χ3n) is 3.48. The quantitative estimate of drug-likeness (QED) is 0.896. The molecule has 1 saturated carbocycles. The molecule has 106 valence electrons. The molecule has 0 amide bonds. The van der Waals surface area contributed by atoms with Crippen LogP contribution in [0.25, 0.3) is 0 Å². The smallest absolute Gasteiger partial charge is 0.240 e. The first-order valence-electron chi connectivity index (χ1n) is 6.35. The molecular formula is C13H19NO3S2. The Kier molecular flexibility index (Phi) is 4.76. The van der Waals surface area contributed by atoms with Crippen molar-refractivity contribution in [1.82, 2.24) is 4.72 Å². The van der Waals surface area contributed by atoms with Gasteiger partial charge in [-0.05, 0) is 56.2 Å². The molecule has 4 nitrogen and oxygen atoms in total. The maximum absolute atomic E-state index is 12.2. The van der Waals surface area contributed by atoms with Gasteiger partial charge in [-0.25, -0.2) is 13.1 Å². The average molecular weight is 301 g/mol. The van der Waals surface area contributed by atoms with Crippen LogP contribution in [0.2, 0.25) is 0 Å². The van der Waals surface area contributed by atoms with E-state index in [2.05, 4.69) is 11.0 Å². The number of thioether (sulfide) groups is 1. The number of sulfonamides is 1. The van der Waals surface area contributed by atoms with Crippen molar-refractivity contribution in [3.05, 3.63) is 24.3 Å². The summed E-state index contributed by atoms with van der Waals surface area (Å²) in [6.07, 6.45) is 6.01. The zero-order chi connectivity index (χ0) is 13.9. The van der Waals surface area contributed by atoms with Crippen LogP contribution in [0.4, 0.5) is 0 Å². The van der Waals surface area contributed by atoms with E-state index in [9.17, 15) is 13.5 Å². The lowest BCUT2D eigenvalue weighted by atomic mass is 9.96. The highest BCUT2D eigenvalue weighted by molar-refractivity contribution is 7.99. The molecule has 1 aliphatic rings. The maximum atomic E-state index is 12.2. The molecule has 19 heavy (non-hydrogen) atoms. The number of hydrogen-bond donors (Lipinski definition) is 2. The Morgan fingerprint density at radius 3 is 2.26 bits per heavy atom. The van der Waals surface area contributed by atoms with Crippen LogP contribution >= 0.6 is 11.8 Å². The summed E-state index contributed by atoms with van der Waals surface area (Å²) in [7, 11) is -3.47. The van der Waals surface area contributed by atoms with E-state index in [1.807, 2.05) is 11.8 Å². The Balaban J connectivity index is 2.00. The van der Waals surface area contributed by atoms with E-state index in [1.54, 1.807) is 0 Å². The normalized spacial score (nSPS) is 24.3. The monoisotopic (exact) mass is 301 g/mol. The van der Waals surface area contributed by atoms with Gasteiger partial charge in [0.2, 0.25) is 10.0 Å². The van der Waals surface area contributed by atoms with Crippen molar-refractivity contribution < 1.29 is 13.5 Å². The van der Waals surface area contributed by atoms with Gasteiger partial charge in [0, 0.05) is 11.3 Å². The minimum Gasteiger partial charge on any atom is -0.508 e. The SMILES string of the molecule is CSC1CCC(NS(=O)(=O)c2ccc(O)cc2)CC1. The molecule has 0 aliphatic heterocycles. The zero-order valence-corrected chi connectivity index (χ0v) is 12.5. The van der Waals surface area contributed by atoms with Gasteiger partial charge in [0.05, 0.1) is 4.90 Å². The second-order valence-corrected chi connectivity index (χ2v) is 7.68. The second kappa shape index (κ2) is 6.15. The average Bonchev–Trinajstić information content (AvgIpc) is 2.40. The fraction of sp³-hybridized carbons (Fsp3) is 0.538. The van der Waals surface area contributed by atoms with Crippen LogP contribution in [-0.4, -0.2) is 31.1 Å². The van der Waals surface area contributed by atoms with E-state index in [0.29, 0.717) is 5.25 Å². The molecule has 0 bridgehead atoms. The Bertz CT molecular complexity index is 505. The van der Waals surface area contributed by atoms with Crippen molar-refractivity contribution >= 4 is 21.8 Å². The molecule has 0 atom stereocenters. The molecule has 0 saturated heterocycles. The van der Waals surface area contributed by atoms with E-state index in [-0.39, 0.29) is 16.7 Å². The van der Waals surface area contributed by atoms with Gasteiger partial charge in [0.1, 0.15) is 5.75 Å². The Hall–Kier alpha value is -0.720. The van der Waals surface area contributed by atoms with Crippen LogP contribution in [0.3, 0.4) is 0 Å². The first kappa shape index (κ1) is 14.7. The van der Waals surface area contributed by atoms with Gasteiger partial charge in [-0.2, -0.15) is 11.8 Å². The highest BCUT2D eigenvalue weighted by atomic mass is 32.2. The summed E-state index contributed by atoms with van der Waals surface area (Å²) in [6.45, 7) is 0. The van der Waals surface area contributed by atoms with Crippen LogP contribution in [-0.2, 0) is 10.0 Å². The molecule has 0 radical (unpaired) electrons. The fourth-order valence-corrected chi connectivity index (χ4v) is 4.38. The van der Waals surface area contributed by atoms with Crippen LogP contribution in [0.1, 0.15) is 25.7 Å². The summed E-state index contributed by atoms with van der Waals surface area (Å²) in [4.78, 5) is 0.206. The van der Waals surface area contributed by atoms with Crippen LogP contribution in [0.15, 0.2) is 29.2 Å². The summed E-state index contributed by atoms with van der Waals surface area (Å²) in [6, 6.07) is 5.65. The molecule has 0 heterocycles. The van der Waals surface area contributed by atoms with E-state index in [1.165, 1.54) is 24.3 Å². The summed E-state index contributed by atoms with van der Waals surface area (Å²) in [5.74, 6) is 0.0689. The number of hydrogen-bond acceptors (Lipinski definition) is 4. The van der Waals surface area contributed by atoms with Gasteiger partial charge in [0.15, 0.2) is 0 Å². The van der Waals surface area contributed by atoms with Gasteiger partial charge in [-0.3, -0.25) is 0 Å². The van der Waals surface area contributed by atoms with Crippen molar-refractivity contribution in [2.24, 2.45) is 0 Å². The predicted octanol–water partition coefficient (Wildman–Crippen LogP) is 2.34. The van der Waals surface area contributed by atoms with Crippen LogP contribution in [0.5, 0.6) is 5.75 Å². The molecule has 1 aliphatic carbocycles. The predicted molar refractivity (Wildman–Crippen MR) is 78.0 cm³/mol. The third-order valence-corrected chi connectivity index (χ3v) is 6.15. The lowest BCUT2D eigenvalue weighted by Gasteiger charge is -2.27. The first-order chi connectivity index (χ1) is 9.01. The summed E-state index contributed by atoms with van der Waals surface area (Å²) >= 11 is 1.86. The summed E-state index contributed by atoms with van der Waals surface area (Å²) in [5.41, 5.74) is 0. The maximum Gasteiger partial charge on any atom is 0.240 e. The lowest BCUT2D eigenvalue weighted by Crippen LogP contribution is -2.38. The fourth-order valence-electron chi connectivity index (χ4n) is 2.33. The third kappa shape index (κ3) is 3.87. The molecular weight excluding hydrogens is 282 g/mol. The molecule has 2 N–H and O–H groups in total. The molecule has 0 unspecified atom stereocenters. The standard InChI is InChI=1S/C13H19NO3S2/c1-18-12-6-2-10(3-7-12)14-19(16,17)13-8-4-11(15)5-9-13/h4-5,8-10,12,14-15H,2-3,6-7H2,1H3. The van der Waals surface area contributed by atoms with Gasteiger partial charge >= 0.3 is 0 Å². The molecule has 2 rings (SSSR count). The number of rotatable bonds is 4. The van der Waals surface area contributed by atoms with Crippen LogP contribution < -0.4 is 4.72 Å². The van der Waals surface area contributed by atoms with E-state index in [0.717, 1.165) is 25.7 Å². The van der Waals surface area contributed by atoms with E-state index in [4.69, 9.17) is 0 Å². The van der Waals surface area contributed by atoms with Gasteiger partial charge in [0.25, 0.3) is 0 Å². The second-order valence-electron chi connectivity index (χ2n) is 4.82. The molecule has 1 aromatic rings. The highest BCUT2D eigenvalue weighted by Gasteiger charge is 2.25. The van der Waals surface area contributed by atoms with Gasteiger partial charge in [-0.1, -0.05) is 0 Å². The molecule has 1 aromatic carbocycles. The number of benzene rings is 1. The molecule has 1 fully saturated rings. The summed E-state index contributed by atoms with van der Waals surface area (Å²) in [5, 5.41) is 9.84. The van der Waals surface area contributed by atoms with Crippen LogP contribution in [0, 0.1) is 0 Å². The molecule has 0 spiro atoms. The molecule has 0 aromatic heterocycles. The van der Waals surface area contributed by atoms with Crippen molar-refractivity contribution in [3.8, 4) is 5.75 Å². The largest absolute Gasteiger partial charge is 0.508 e. The highest BCUT2D eigenvalue weighted by Crippen LogP contribution is 2.27. The first-order valence-corrected chi connectivity index (χ1v) is 9.12. The Morgan fingerprint density at radius 2 is 1.74 bits per heavy atom. The van der Waals surface area contributed by atoms with Crippen molar-refractivity contribution in [2.45, 2.75) is 41.9 Å². The van der Waals surface area contributed by atoms with Crippen molar-refractivity contribution in [3.63, 3.8) is 0 Å². The minimum atomic E-state index is -3.47. The molecule has 6 heteroatoms. The van der Waals surface area contributed by atoms with Crippen molar-refractivity contribution in [2.75, 3.05) is 6.26 Å². The minimum absolute atomic E-state index is 0.0298. The van der Waals surface area contributed by atoms with Gasteiger partial charge in [-0.15, -0.1) is 0 Å². The Labute approximate surface area is 118 Å². The zero-order valence-electron chi connectivity index (χ0n) is 10.9. The number of phenolic OH excluding ortho intramolecular Hbond substituents is 1. The number of nitrogens with one attached hydrogen (secondary N) is 1. The lowest BCUT2D eigenvalue weighted by molar-refractivity contribution is 0.420. The Morgan fingerprint density at radius 1 is 1.16 bits per heavy atom. The van der Waals surface area contributed by atoms with E-state index >= 15 is 0 Å². The summed E-state index contributed by atoms with van der Waals surface area (Å²) < 4.78 is 27.1. The number of phenols is 1.